The van der Waals surface area contributed by atoms with Crippen molar-refractivity contribution in [2.45, 2.75) is 12.5 Å². The summed E-state index contributed by atoms with van der Waals surface area (Å²) in [6, 6.07) is 12.1. The number of benzene rings is 1. The molecule has 0 saturated carbocycles. The first-order chi connectivity index (χ1) is 10.6. The van der Waals surface area contributed by atoms with Gasteiger partial charge in [-0.25, -0.2) is 9.59 Å². The van der Waals surface area contributed by atoms with E-state index in [2.05, 4.69) is 14.8 Å². The maximum atomic E-state index is 11.8. The molecule has 0 fully saturated rings. The quantitative estimate of drug-likeness (QED) is 0.858. The van der Waals surface area contributed by atoms with Gasteiger partial charge >= 0.3 is 12.1 Å². The number of esters is 1. The summed E-state index contributed by atoms with van der Waals surface area (Å²) in [7, 11) is 2.45. The average Bonchev–Trinajstić information content (AvgIpc) is 3.00. The van der Waals surface area contributed by atoms with Gasteiger partial charge in [0, 0.05) is 6.42 Å². The number of carbonyl (C=O) groups excluding carboxylic acids is 2. The fourth-order valence-electron chi connectivity index (χ4n) is 1.98. The van der Waals surface area contributed by atoms with Crippen molar-refractivity contribution < 1.29 is 23.5 Å². The zero-order chi connectivity index (χ0) is 15.9. The summed E-state index contributed by atoms with van der Waals surface area (Å²) in [5.74, 6) is 0.343. The third kappa shape index (κ3) is 3.88. The van der Waals surface area contributed by atoms with Crippen molar-refractivity contribution in [3.05, 3.63) is 59.5 Å². The fraction of sp³-hybridized carbons (Fsp3) is 0.250. The van der Waals surface area contributed by atoms with Crippen LogP contribution >= 0.6 is 0 Å². The first-order valence-electron chi connectivity index (χ1n) is 6.69. The number of nitrogens with one attached hydrogen (secondary N) is 1. The number of methoxy groups -OCH3 is 2. The van der Waals surface area contributed by atoms with Gasteiger partial charge in [-0.2, -0.15) is 0 Å². The number of rotatable bonds is 5. The molecule has 2 rings (SSSR count). The van der Waals surface area contributed by atoms with E-state index in [4.69, 9.17) is 4.42 Å². The highest BCUT2D eigenvalue weighted by atomic mass is 16.5. The van der Waals surface area contributed by atoms with Gasteiger partial charge in [0.1, 0.15) is 11.5 Å². The highest BCUT2D eigenvalue weighted by molar-refractivity contribution is 5.81. The predicted octanol–water partition coefficient (Wildman–Crippen LogP) is 2.44. The lowest BCUT2D eigenvalue weighted by atomic mass is 10.1. The van der Waals surface area contributed by atoms with Crippen molar-refractivity contribution >= 4 is 12.1 Å². The molecule has 1 heterocycles. The molecule has 116 valence electrons. The van der Waals surface area contributed by atoms with E-state index >= 15 is 0 Å². The lowest BCUT2D eigenvalue weighted by molar-refractivity contribution is -0.143. The maximum Gasteiger partial charge on any atom is 0.407 e. The van der Waals surface area contributed by atoms with E-state index < -0.39 is 18.1 Å². The maximum absolute atomic E-state index is 11.8. The van der Waals surface area contributed by atoms with Crippen LogP contribution in [-0.4, -0.2) is 26.3 Å². The molecule has 0 aliphatic carbocycles. The number of alkyl carbamates (subject to hydrolysis) is 1. The largest absolute Gasteiger partial charge is 0.467 e. The Morgan fingerprint density at radius 2 is 1.82 bits per heavy atom. The molecule has 0 saturated heterocycles. The van der Waals surface area contributed by atoms with Crippen LogP contribution in [-0.2, 0) is 20.7 Å². The minimum Gasteiger partial charge on any atom is -0.467 e. The van der Waals surface area contributed by atoms with Crippen LogP contribution in [0.3, 0.4) is 0 Å². The molecule has 2 aromatic rings. The second-order valence-electron chi connectivity index (χ2n) is 4.56. The van der Waals surface area contributed by atoms with E-state index in [1.807, 2.05) is 30.3 Å². The van der Waals surface area contributed by atoms with E-state index in [1.54, 1.807) is 12.1 Å². The van der Waals surface area contributed by atoms with E-state index in [9.17, 15) is 9.59 Å². The van der Waals surface area contributed by atoms with E-state index in [-0.39, 0.29) is 0 Å². The molecule has 1 aromatic carbocycles. The van der Waals surface area contributed by atoms with Crippen LogP contribution in [0.5, 0.6) is 0 Å². The van der Waals surface area contributed by atoms with Gasteiger partial charge in [-0.05, 0) is 17.7 Å². The molecule has 0 radical (unpaired) electrons. The summed E-state index contributed by atoms with van der Waals surface area (Å²) < 4.78 is 14.8. The predicted molar refractivity (Wildman–Crippen MR) is 78.3 cm³/mol. The third-order valence-corrected chi connectivity index (χ3v) is 3.07. The van der Waals surface area contributed by atoms with Gasteiger partial charge < -0.3 is 19.2 Å². The van der Waals surface area contributed by atoms with Gasteiger partial charge in [-0.3, -0.25) is 0 Å². The molecular weight excluding hydrogens is 286 g/mol. The van der Waals surface area contributed by atoms with Crippen molar-refractivity contribution in [2.75, 3.05) is 14.2 Å². The molecule has 1 unspecified atom stereocenters. The average molecular weight is 303 g/mol. The highest BCUT2D eigenvalue weighted by Crippen LogP contribution is 2.20. The molecule has 0 spiro atoms. The second-order valence-corrected chi connectivity index (χ2v) is 4.56. The zero-order valence-electron chi connectivity index (χ0n) is 12.4. The number of ether oxygens (including phenoxy) is 2. The van der Waals surface area contributed by atoms with Crippen molar-refractivity contribution in [1.29, 1.82) is 0 Å². The summed E-state index contributed by atoms with van der Waals surface area (Å²) in [6.45, 7) is 0. The molecule has 0 aliphatic rings. The van der Waals surface area contributed by atoms with Crippen molar-refractivity contribution in [3.63, 3.8) is 0 Å². The monoisotopic (exact) mass is 303 g/mol. The van der Waals surface area contributed by atoms with Crippen LogP contribution in [0.4, 0.5) is 4.79 Å². The number of furan rings is 1. The lowest BCUT2D eigenvalue weighted by Gasteiger charge is -2.13. The van der Waals surface area contributed by atoms with Gasteiger partial charge in [-0.15, -0.1) is 0 Å². The molecule has 1 aromatic heterocycles. The van der Waals surface area contributed by atoms with E-state index in [1.165, 1.54) is 14.2 Å². The van der Waals surface area contributed by atoms with E-state index in [0.717, 1.165) is 5.56 Å². The molecule has 1 atom stereocenters. The molecule has 0 bridgehead atoms. The second kappa shape index (κ2) is 7.31. The molecule has 1 amide bonds. The molecule has 22 heavy (non-hydrogen) atoms. The Morgan fingerprint density at radius 1 is 1.09 bits per heavy atom. The van der Waals surface area contributed by atoms with Crippen molar-refractivity contribution in [1.82, 2.24) is 5.32 Å². The Morgan fingerprint density at radius 3 is 2.45 bits per heavy atom. The zero-order valence-corrected chi connectivity index (χ0v) is 12.4. The normalized spacial score (nSPS) is 11.5. The smallest absolute Gasteiger partial charge is 0.407 e. The van der Waals surface area contributed by atoms with Gasteiger partial charge in [-0.1, -0.05) is 30.3 Å². The van der Waals surface area contributed by atoms with Gasteiger partial charge in [0.05, 0.1) is 14.2 Å². The van der Waals surface area contributed by atoms with Crippen molar-refractivity contribution in [2.24, 2.45) is 0 Å². The van der Waals surface area contributed by atoms with Crippen LogP contribution in [0.15, 0.2) is 46.9 Å². The SMILES string of the molecule is COC(=O)NC(C(=O)OC)c1ccc(Cc2ccccc2)o1. The van der Waals surface area contributed by atoms with Gasteiger partial charge in [0.15, 0.2) is 6.04 Å². The van der Waals surface area contributed by atoms with Crippen LogP contribution in [0, 0.1) is 0 Å². The summed E-state index contributed by atoms with van der Waals surface area (Å²) in [5, 5.41) is 2.38. The topological polar surface area (TPSA) is 77.8 Å². The lowest BCUT2D eigenvalue weighted by Crippen LogP contribution is -2.34. The third-order valence-electron chi connectivity index (χ3n) is 3.07. The highest BCUT2D eigenvalue weighted by Gasteiger charge is 2.27. The summed E-state index contributed by atoms with van der Waals surface area (Å²) in [4.78, 5) is 23.1. The standard InChI is InChI=1S/C16H17NO5/c1-20-15(18)14(17-16(19)21-2)13-9-8-12(22-13)10-11-6-4-3-5-7-11/h3-9,14H,10H2,1-2H3,(H,17,19). The minimum atomic E-state index is -1.04. The fourth-order valence-corrected chi connectivity index (χ4v) is 1.98. The first kappa shape index (κ1) is 15.6. The Balaban J connectivity index is 2.15. The van der Waals surface area contributed by atoms with Gasteiger partial charge in [0.2, 0.25) is 0 Å². The molecule has 6 nitrogen and oxygen atoms in total. The summed E-state index contributed by atoms with van der Waals surface area (Å²) in [6.07, 6.45) is -0.149. The van der Waals surface area contributed by atoms with Crippen LogP contribution in [0.1, 0.15) is 23.1 Å². The Labute approximate surface area is 128 Å². The number of amides is 1. The first-order valence-corrected chi connectivity index (χ1v) is 6.69. The molecule has 0 aliphatic heterocycles. The Hall–Kier alpha value is -2.76. The minimum absolute atomic E-state index is 0.295. The molecular formula is C16H17NO5. The van der Waals surface area contributed by atoms with Crippen molar-refractivity contribution in [3.8, 4) is 0 Å². The number of carbonyl (C=O) groups is 2. The summed E-state index contributed by atoms with van der Waals surface area (Å²) in [5.41, 5.74) is 1.08. The Bertz CT molecular complexity index is 635. The van der Waals surface area contributed by atoms with E-state index in [0.29, 0.717) is 17.9 Å². The summed E-state index contributed by atoms with van der Waals surface area (Å²) >= 11 is 0. The van der Waals surface area contributed by atoms with Crippen LogP contribution < -0.4 is 5.32 Å². The van der Waals surface area contributed by atoms with Crippen LogP contribution in [0.2, 0.25) is 0 Å². The molecule has 1 N–H and O–H groups in total. The Kier molecular flexibility index (Phi) is 5.19. The van der Waals surface area contributed by atoms with Crippen LogP contribution in [0.25, 0.3) is 0 Å². The molecule has 6 heteroatoms. The van der Waals surface area contributed by atoms with Gasteiger partial charge in [0.25, 0.3) is 0 Å². The number of hydrogen-bond acceptors (Lipinski definition) is 5. The number of hydrogen-bond donors (Lipinski definition) is 1.